The first-order chi connectivity index (χ1) is 16.9. The minimum absolute atomic E-state index is 0.0722. The van der Waals surface area contributed by atoms with Crippen molar-refractivity contribution in [3.8, 4) is 11.8 Å². The topological polar surface area (TPSA) is 112 Å². The van der Waals surface area contributed by atoms with Crippen molar-refractivity contribution < 1.29 is 17.9 Å². The summed E-state index contributed by atoms with van der Waals surface area (Å²) in [4.78, 5) is 14.9. The Balaban J connectivity index is 1.69. The predicted octanol–water partition coefficient (Wildman–Crippen LogP) is 4.61. The maximum Gasteiger partial charge on any atom is 0.264 e. The molecule has 0 radical (unpaired) electrons. The van der Waals surface area contributed by atoms with Crippen LogP contribution in [0.15, 0.2) is 71.6 Å². The van der Waals surface area contributed by atoms with Crippen molar-refractivity contribution in [2.24, 2.45) is 0 Å². The van der Waals surface area contributed by atoms with Crippen LogP contribution in [-0.4, -0.2) is 34.5 Å². The van der Waals surface area contributed by atoms with E-state index in [4.69, 9.17) is 10.00 Å². The third-order valence-corrected chi connectivity index (χ3v) is 7.23. The number of ether oxygens (including phenoxy) is 1. The molecule has 0 bridgehead atoms. The summed E-state index contributed by atoms with van der Waals surface area (Å²) in [5, 5.41) is 11.7. The Morgan fingerprint density at radius 2 is 1.71 bits per heavy atom. The van der Waals surface area contributed by atoms with Crippen LogP contribution in [0.3, 0.4) is 0 Å². The van der Waals surface area contributed by atoms with E-state index in [0.29, 0.717) is 33.9 Å². The number of nitrogens with one attached hydrogen (secondary N) is 2. The number of nitriles is 1. The van der Waals surface area contributed by atoms with Crippen LogP contribution in [-0.2, 0) is 10.0 Å². The van der Waals surface area contributed by atoms with Crippen molar-refractivity contribution in [2.75, 3.05) is 35.1 Å². The minimum Gasteiger partial charge on any atom is -0.495 e. The zero-order valence-electron chi connectivity index (χ0n) is 19.3. The lowest BCUT2D eigenvalue weighted by Gasteiger charge is -2.30. The summed E-state index contributed by atoms with van der Waals surface area (Å²) in [5.74, 6) is 0.00196. The average Bonchev–Trinajstić information content (AvgIpc) is 2.89. The molecular formula is C26H26N4O4S. The molecular weight excluding hydrogens is 464 g/mol. The highest BCUT2D eigenvalue weighted by Crippen LogP contribution is 2.33. The summed E-state index contributed by atoms with van der Waals surface area (Å²) in [6, 6.07) is 19.9. The van der Waals surface area contributed by atoms with Crippen LogP contribution in [0.25, 0.3) is 0 Å². The maximum atomic E-state index is 13.6. The molecule has 180 valence electrons. The van der Waals surface area contributed by atoms with Crippen LogP contribution in [0.4, 0.5) is 17.1 Å². The van der Waals surface area contributed by atoms with Crippen LogP contribution < -0.4 is 19.7 Å². The van der Waals surface area contributed by atoms with Crippen LogP contribution in [0.1, 0.15) is 35.2 Å². The molecule has 0 unspecified atom stereocenters. The summed E-state index contributed by atoms with van der Waals surface area (Å²) in [7, 11) is -2.54. The SMILES string of the molecule is COc1ccccc1NS(=O)(=O)c1cc(NC(=O)c2ccc(C#N)cc2)ccc1N1CCCCC1. The van der Waals surface area contributed by atoms with E-state index < -0.39 is 15.9 Å². The number of rotatable bonds is 7. The summed E-state index contributed by atoms with van der Waals surface area (Å²) >= 11 is 0. The van der Waals surface area contributed by atoms with E-state index in [-0.39, 0.29) is 4.90 Å². The Morgan fingerprint density at radius 3 is 2.40 bits per heavy atom. The van der Waals surface area contributed by atoms with Gasteiger partial charge < -0.3 is 15.0 Å². The summed E-state index contributed by atoms with van der Waals surface area (Å²) in [6.07, 6.45) is 3.07. The standard InChI is InChI=1S/C26H26N4O4S/c1-34-24-8-4-3-7-22(24)29-35(32,33)25-17-21(13-14-23(25)30-15-5-2-6-16-30)28-26(31)20-11-9-19(18-27)10-12-20/h3-4,7-14,17,29H,2,5-6,15-16H2,1H3,(H,28,31). The number of sulfonamides is 1. The molecule has 4 rings (SSSR count). The summed E-state index contributed by atoms with van der Waals surface area (Å²) in [5.41, 5.74) is 2.07. The molecule has 2 N–H and O–H groups in total. The van der Waals surface area contributed by atoms with Gasteiger partial charge in [-0.25, -0.2) is 8.42 Å². The van der Waals surface area contributed by atoms with Gasteiger partial charge in [0.25, 0.3) is 15.9 Å². The summed E-state index contributed by atoms with van der Waals surface area (Å²) in [6.45, 7) is 1.52. The van der Waals surface area contributed by atoms with Crippen molar-refractivity contribution >= 4 is 33.0 Å². The van der Waals surface area contributed by atoms with Gasteiger partial charge >= 0.3 is 0 Å². The lowest BCUT2D eigenvalue weighted by molar-refractivity contribution is 0.102. The van der Waals surface area contributed by atoms with Crippen molar-refractivity contribution in [1.29, 1.82) is 5.26 Å². The molecule has 35 heavy (non-hydrogen) atoms. The smallest absolute Gasteiger partial charge is 0.264 e. The number of benzene rings is 3. The predicted molar refractivity (Wildman–Crippen MR) is 135 cm³/mol. The quantitative estimate of drug-likeness (QED) is 0.500. The highest BCUT2D eigenvalue weighted by molar-refractivity contribution is 7.93. The van der Waals surface area contributed by atoms with Gasteiger partial charge in [0.1, 0.15) is 10.6 Å². The van der Waals surface area contributed by atoms with E-state index in [1.165, 1.54) is 13.2 Å². The number of anilines is 3. The first kappa shape index (κ1) is 24.1. The fourth-order valence-electron chi connectivity index (χ4n) is 4.03. The van der Waals surface area contributed by atoms with Gasteiger partial charge in [-0.2, -0.15) is 5.26 Å². The van der Waals surface area contributed by atoms with Crippen molar-refractivity contribution in [3.63, 3.8) is 0 Å². The average molecular weight is 491 g/mol. The molecule has 1 amide bonds. The molecule has 0 aliphatic carbocycles. The number of nitrogens with zero attached hydrogens (tertiary/aromatic N) is 2. The molecule has 8 nitrogen and oxygen atoms in total. The Bertz CT molecular complexity index is 1360. The van der Waals surface area contributed by atoms with E-state index in [2.05, 4.69) is 14.9 Å². The number of hydrogen-bond acceptors (Lipinski definition) is 6. The van der Waals surface area contributed by atoms with Crippen LogP contribution in [0.2, 0.25) is 0 Å². The lowest BCUT2D eigenvalue weighted by atomic mass is 10.1. The monoisotopic (exact) mass is 490 g/mol. The number of para-hydroxylation sites is 2. The molecule has 9 heteroatoms. The number of methoxy groups -OCH3 is 1. The Morgan fingerprint density at radius 1 is 1.00 bits per heavy atom. The largest absolute Gasteiger partial charge is 0.495 e. The molecule has 0 spiro atoms. The first-order valence-electron chi connectivity index (χ1n) is 11.3. The van der Waals surface area contributed by atoms with Gasteiger partial charge in [0.15, 0.2) is 0 Å². The third-order valence-electron chi connectivity index (χ3n) is 5.83. The van der Waals surface area contributed by atoms with E-state index >= 15 is 0 Å². The second-order valence-electron chi connectivity index (χ2n) is 8.18. The van der Waals surface area contributed by atoms with Gasteiger partial charge in [-0.3, -0.25) is 9.52 Å². The molecule has 3 aromatic rings. The highest BCUT2D eigenvalue weighted by atomic mass is 32.2. The van der Waals surface area contributed by atoms with Gasteiger partial charge in [-0.15, -0.1) is 0 Å². The number of carbonyl (C=O) groups excluding carboxylic acids is 1. The van der Waals surface area contributed by atoms with Crippen molar-refractivity contribution in [3.05, 3.63) is 77.9 Å². The summed E-state index contributed by atoms with van der Waals surface area (Å²) < 4.78 is 35.1. The third kappa shape index (κ3) is 5.55. The second kappa shape index (κ2) is 10.5. The fraction of sp³-hybridized carbons (Fsp3) is 0.231. The molecule has 1 saturated heterocycles. The molecule has 0 saturated carbocycles. The fourth-order valence-corrected chi connectivity index (χ4v) is 5.35. The minimum atomic E-state index is -4.02. The second-order valence-corrected chi connectivity index (χ2v) is 9.83. The van der Waals surface area contributed by atoms with E-state index in [1.807, 2.05) is 6.07 Å². The highest BCUT2D eigenvalue weighted by Gasteiger charge is 2.25. The number of carbonyl (C=O) groups is 1. The Labute approximate surface area is 205 Å². The van der Waals surface area contributed by atoms with Gasteiger partial charge in [0.2, 0.25) is 0 Å². The molecule has 3 aromatic carbocycles. The molecule has 1 fully saturated rings. The van der Waals surface area contributed by atoms with Crippen molar-refractivity contribution in [1.82, 2.24) is 0 Å². The van der Waals surface area contributed by atoms with Crippen LogP contribution in [0, 0.1) is 11.3 Å². The van der Waals surface area contributed by atoms with E-state index in [9.17, 15) is 13.2 Å². The van der Waals surface area contributed by atoms with Gasteiger partial charge in [-0.1, -0.05) is 12.1 Å². The lowest BCUT2D eigenvalue weighted by Crippen LogP contribution is -2.31. The number of hydrogen-bond donors (Lipinski definition) is 2. The maximum absolute atomic E-state index is 13.6. The van der Waals surface area contributed by atoms with Gasteiger partial charge in [-0.05, 0) is 73.9 Å². The number of piperidine rings is 1. The van der Waals surface area contributed by atoms with E-state index in [0.717, 1.165) is 32.4 Å². The van der Waals surface area contributed by atoms with Gasteiger partial charge in [0, 0.05) is 24.3 Å². The molecule has 0 atom stereocenters. The van der Waals surface area contributed by atoms with Crippen molar-refractivity contribution in [2.45, 2.75) is 24.2 Å². The molecule has 1 aliphatic rings. The van der Waals surface area contributed by atoms with E-state index in [1.54, 1.807) is 60.7 Å². The zero-order chi connectivity index (χ0) is 24.8. The first-order valence-corrected chi connectivity index (χ1v) is 12.8. The van der Waals surface area contributed by atoms with Crippen LogP contribution >= 0.6 is 0 Å². The van der Waals surface area contributed by atoms with Gasteiger partial charge in [0.05, 0.1) is 30.1 Å². The van der Waals surface area contributed by atoms with Crippen LogP contribution in [0.5, 0.6) is 5.75 Å². The Hall–Kier alpha value is -4.03. The Kier molecular flexibility index (Phi) is 7.22. The molecule has 0 aromatic heterocycles. The normalized spacial score (nSPS) is 13.5. The molecule has 1 heterocycles. The number of amides is 1. The molecule has 1 aliphatic heterocycles. The zero-order valence-corrected chi connectivity index (χ0v) is 20.1.